The predicted molar refractivity (Wildman–Crippen MR) is 119 cm³/mol. The molecule has 2 nitrogen and oxygen atoms in total. The van der Waals surface area contributed by atoms with E-state index in [0.717, 1.165) is 20.7 Å². The van der Waals surface area contributed by atoms with Gasteiger partial charge < -0.3 is 10.2 Å². The third-order valence-corrected chi connectivity index (χ3v) is 6.80. The molecule has 0 unspecified atom stereocenters. The van der Waals surface area contributed by atoms with Gasteiger partial charge in [0.25, 0.3) is 0 Å². The van der Waals surface area contributed by atoms with Crippen molar-refractivity contribution in [3.05, 3.63) is 49.7 Å². The normalized spacial score (nSPS) is 11.1. The summed E-state index contributed by atoms with van der Waals surface area (Å²) in [6, 6.07) is 7.23. The van der Waals surface area contributed by atoms with E-state index in [1.165, 1.54) is 11.1 Å². The Bertz CT molecular complexity index is 582. The average Bonchev–Trinajstić information content (AvgIpc) is 2.34. The molecule has 2 N–H and O–H groups in total. The fourth-order valence-corrected chi connectivity index (χ4v) is 7.33. The summed E-state index contributed by atoms with van der Waals surface area (Å²) >= 11 is 9.15. The minimum atomic E-state index is 0.254. The number of aromatic hydroxyl groups is 2. The Labute approximate surface area is 178 Å². The highest BCUT2D eigenvalue weighted by Crippen LogP contribution is 2.40. The number of phenolic OH excluding ortho intramolecular Hbond substituents is 2. The highest BCUT2D eigenvalue weighted by molar-refractivity contribution is 14.1. The molecule has 0 bridgehead atoms. The zero-order valence-electron chi connectivity index (χ0n) is 11.0. The van der Waals surface area contributed by atoms with E-state index in [9.17, 15) is 10.2 Å². The molecule has 112 valence electrons. The molecule has 6 heteroatoms. The van der Waals surface area contributed by atoms with Crippen LogP contribution in [0, 0.1) is 14.3 Å². The number of hydrogen-bond acceptors (Lipinski definition) is 2. The van der Waals surface area contributed by atoms with Crippen molar-refractivity contribution in [3.63, 3.8) is 0 Å². The molecular formula is C15H12I4O2. The summed E-state index contributed by atoms with van der Waals surface area (Å²) in [5.41, 5.74) is 2.50. The van der Waals surface area contributed by atoms with E-state index in [0.29, 0.717) is 11.5 Å². The van der Waals surface area contributed by atoms with Gasteiger partial charge >= 0.3 is 0 Å². The number of rotatable bonds is 3. The minimum absolute atomic E-state index is 0.254. The molecule has 0 amide bonds. The first-order valence-corrected chi connectivity index (χ1v) is 10.5. The highest BCUT2D eigenvalue weighted by atomic mass is 127. The van der Waals surface area contributed by atoms with Gasteiger partial charge in [-0.15, -0.1) is 0 Å². The molecule has 0 aliphatic heterocycles. The molecule has 0 aliphatic rings. The van der Waals surface area contributed by atoms with Gasteiger partial charge in [-0.05, 0) is 132 Å². The van der Waals surface area contributed by atoms with Gasteiger partial charge in [-0.2, -0.15) is 0 Å². The molecule has 0 aromatic heterocycles. The van der Waals surface area contributed by atoms with Crippen LogP contribution in [0.2, 0.25) is 0 Å². The SMILES string of the molecule is CCC(c1c(I)cc(O)cc1I)c1c(I)cc(O)cc1I. The molecule has 2 rings (SSSR count). The molecule has 0 atom stereocenters. The zero-order chi connectivity index (χ0) is 15.7. The number of phenols is 2. The number of hydrogen-bond donors (Lipinski definition) is 2. The topological polar surface area (TPSA) is 40.5 Å². The largest absolute Gasteiger partial charge is 0.508 e. The molecule has 0 saturated heterocycles. The quantitative estimate of drug-likeness (QED) is 0.378. The van der Waals surface area contributed by atoms with E-state index >= 15 is 0 Å². The van der Waals surface area contributed by atoms with Crippen molar-refractivity contribution >= 4 is 90.4 Å². The van der Waals surface area contributed by atoms with E-state index in [-0.39, 0.29) is 5.92 Å². The second-order valence-electron chi connectivity index (χ2n) is 4.61. The van der Waals surface area contributed by atoms with Crippen LogP contribution in [-0.4, -0.2) is 10.2 Å². The van der Waals surface area contributed by atoms with Crippen LogP contribution in [0.3, 0.4) is 0 Å². The molecule has 21 heavy (non-hydrogen) atoms. The summed E-state index contributed by atoms with van der Waals surface area (Å²) in [6.07, 6.45) is 0.966. The zero-order valence-corrected chi connectivity index (χ0v) is 19.6. The fourth-order valence-electron chi connectivity index (χ4n) is 2.36. The Hall–Kier alpha value is 0.960. The van der Waals surface area contributed by atoms with E-state index in [1.807, 2.05) is 0 Å². The second kappa shape index (κ2) is 7.69. The van der Waals surface area contributed by atoms with Crippen molar-refractivity contribution in [1.82, 2.24) is 0 Å². The summed E-state index contributed by atoms with van der Waals surface area (Å²) in [4.78, 5) is 0. The van der Waals surface area contributed by atoms with Crippen LogP contribution in [-0.2, 0) is 0 Å². The van der Waals surface area contributed by atoms with Gasteiger partial charge in [0.1, 0.15) is 11.5 Å². The molecule has 0 fully saturated rings. The van der Waals surface area contributed by atoms with Crippen LogP contribution >= 0.6 is 90.4 Å². The van der Waals surface area contributed by atoms with E-state index < -0.39 is 0 Å². The van der Waals surface area contributed by atoms with Gasteiger partial charge in [0.2, 0.25) is 0 Å². The lowest BCUT2D eigenvalue weighted by molar-refractivity contribution is 0.473. The summed E-state index contributed by atoms with van der Waals surface area (Å²) in [6.45, 7) is 2.17. The van der Waals surface area contributed by atoms with E-state index in [1.54, 1.807) is 24.3 Å². The Morgan fingerprint density at radius 1 is 0.762 bits per heavy atom. The van der Waals surface area contributed by atoms with Crippen molar-refractivity contribution in [2.75, 3.05) is 0 Å². The lowest BCUT2D eigenvalue weighted by Gasteiger charge is -2.22. The summed E-state index contributed by atoms with van der Waals surface area (Å²) < 4.78 is 4.29. The maximum Gasteiger partial charge on any atom is 0.117 e. The summed E-state index contributed by atoms with van der Waals surface area (Å²) in [7, 11) is 0. The molecule has 0 aliphatic carbocycles. The average molecular weight is 732 g/mol. The van der Waals surface area contributed by atoms with E-state index in [4.69, 9.17) is 0 Å². The lowest BCUT2D eigenvalue weighted by Crippen LogP contribution is -2.08. The third-order valence-electron chi connectivity index (χ3n) is 3.23. The van der Waals surface area contributed by atoms with Gasteiger partial charge in [-0.3, -0.25) is 0 Å². The van der Waals surface area contributed by atoms with Crippen molar-refractivity contribution in [2.45, 2.75) is 19.3 Å². The molecule has 0 radical (unpaired) electrons. The van der Waals surface area contributed by atoms with Crippen LogP contribution in [0.25, 0.3) is 0 Å². The molecule has 2 aromatic carbocycles. The lowest BCUT2D eigenvalue weighted by atomic mass is 9.89. The first-order chi connectivity index (χ1) is 9.85. The molecule has 2 aromatic rings. The van der Waals surface area contributed by atoms with Gasteiger partial charge in [0.15, 0.2) is 0 Å². The molecule has 0 heterocycles. The van der Waals surface area contributed by atoms with Crippen LogP contribution in [0.5, 0.6) is 11.5 Å². The van der Waals surface area contributed by atoms with Gasteiger partial charge in [-0.1, -0.05) is 6.92 Å². The Balaban J connectivity index is 2.66. The first kappa shape index (κ1) is 18.3. The van der Waals surface area contributed by atoms with Crippen molar-refractivity contribution < 1.29 is 10.2 Å². The third kappa shape index (κ3) is 4.08. The van der Waals surface area contributed by atoms with Crippen LogP contribution < -0.4 is 0 Å². The summed E-state index contributed by atoms with van der Waals surface area (Å²) in [5, 5.41) is 19.5. The first-order valence-electron chi connectivity index (χ1n) is 6.21. The molecule has 0 spiro atoms. The van der Waals surface area contributed by atoms with Crippen molar-refractivity contribution in [2.24, 2.45) is 0 Å². The minimum Gasteiger partial charge on any atom is -0.508 e. The fraction of sp³-hybridized carbons (Fsp3) is 0.200. The van der Waals surface area contributed by atoms with Crippen LogP contribution in [0.4, 0.5) is 0 Å². The molecular weight excluding hydrogens is 720 g/mol. The van der Waals surface area contributed by atoms with Crippen molar-refractivity contribution in [1.29, 1.82) is 0 Å². The summed E-state index contributed by atoms with van der Waals surface area (Å²) in [5.74, 6) is 0.860. The maximum absolute atomic E-state index is 9.74. The van der Waals surface area contributed by atoms with Gasteiger partial charge in [0.05, 0.1) is 0 Å². The Morgan fingerprint density at radius 3 is 1.29 bits per heavy atom. The highest BCUT2D eigenvalue weighted by Gasteiger charge is 2.23. The standard InChI is InChI=1S/C15H12I4O2/c1-2-9(14-10(16)3-7(20)4-11(14)17)15-12(18)5-8(21)6-13(15)19/h3-6,9,20-21H,2H2,1H3. The van der Waals surface area contributed by atoms with Crippen LogP contribution in [0.1, 0.15) is 30.4 Å². The number of benzene rings is 2. The second-order valence-corrected chi connectivity index (χ2v) is 9.26. The predicted octanol–water partition coefficient (Wildman–Crippen LogP) is 6.06. The van der Waals surface area contributed by atoms with E-state index in [2.05, 4.69) is 97.3 Å². The smallest absolute Gasteiger partial charge is 0.117 e. The number of halogens is 4. The van der Waals surface area contributed by atoms with Gasteiger partial charge in [-0.25, -0.2) is 0 Å². The monoisotopic (exact) mass is 732 g/mol. The van der Waals surface area contributed by atoms with Crippen molar-refractivity contribution in [3.8, 4) is 11.5 Å². The van der Waals surface area contributed by atoms with Gasteiger partial charge in [0, 0.05) is 20.2 Å². The van der Waals surface area contributed by atoms with Crippen LogP contribution in [0.15, 0.2) is 24.3 Å². The Morgan fingerprint density at radius 2 is 1.05 bits per heavy atom. The molecule has 0 saturated carbocycles. The Kier molecular flexibility index (Phi) is 6.70. The maximum atomic E-state index is 9.74.